The molecule has 4 nitrogen and oxygen atoms in total. The minimum absolute atomic E-state index is 0.0256. The predicted octanol–water partition coefficient (Wildman–Crippen LogP) is 3.35. The second kappa shape index (κ2) is 6.63. The minimum atomic E-state index is -0.899. The van der Waals surface area contributed by atoms with E-state index < -0.39 is 22.5 Å². The summed E-state index contributed by atoms with van der Waals surface area (Å²) >= 11 is 0. The average molecular weight is 364 g/mol. The summed E-state index contributed by atoms with van der Waals surface area (Å²) in [5.41, 5.74) is -0.415. The van der Waals surface area contributed by atoms with Crippen LogP contribution >= 0.6 is 0 Å². The zero-order valence-electron chi connectivity index (χ0n) is 15.6. The normalized spacial score (nSPS) is 23.8. The van der Waals surface area contributed by atoms with Gasteiger partial charge in [0.1, 0.15) is 0 Å². The lowest BCUT2D eigenvalue weighted by Crippen LogP contribution is -2.50. The van der Waals surface area contributed by atoms with Crippen LogP contribution in [0.1, 0.15) is 45.6 Å². The standard InChI is InChI=1S/C20H26F2N2O2/c1-19(2,3)17(25)24-10-8-20(13-24)7-4-9-23(18(20)26)12-14-5-6-15(21)16(22)11-14/h5-6,11H,4,7-10,12-13H2,1-3H3. The van der Waals surface area contributed by atoms with E-state index in [2.05, 4.69) is 0 Å². The highest BCUT2D eigenvalue weighted by molar-refractivity contribution is 5.87. The summed E-state index contributed by atoms with van der Waals surface area (Å²) in [7, 11) is 0. The molecule has 3 rings (SSSR count). The SMILES string of the molecule is CC(C)(C)C(=O)N1CCC2(CCCN(Cc3ccc(F)c(F)c3)C2=O)C1. The van der Waals surface area contributed by atoms with Crippen LogP contribution in [-0.2, 0) is 16.1 Å². The number of nitrogens with zero attached hydrogens (tertiary/aromatic N) is 2. The van der Waals surface area contributed by atoms with E-state index in [4.69, 9.17) is 0 Å². The Morgan fingerprint density at radius 2 is 1.88 bits per heavy atom. The third kappa shape index (κ3) is 3.46. The van der Waals surface area contributed by atoms with Crippen LogP contribution in [0.15, 0.2) is 18.2 Å². The van der Waals surface area contributed by atoms with Crippen molar-refractivity contribution >= 4 is 11.8 Å². The highest BCUT2D eigenvalue weighted by Crippen LogP contribution is 2.41. The molecule has 2 aliphatic heterocycles. The molecule has 2 saturated heterocycles. The topological polar surface area (TPSA) is 40.6 Å². The number of benzene rings is 1. The molecule has 0 saturated carbocycles. The summed E-state index contributed by atoms with van der Waals surface area (Å²) in [4.78, 5) is 29.2. The predicted molar refractivity (Wildman–Crippen MR) is 94.1 cm³/mol. The van der Waals surface area contributed by atoms with Gasteiger partial charge in [-0.2, -0.15) is 0 Å². The molecule has 142 valence electrons. The van der Waals surface area contributed by atoms with Gasteiger partial charge >= 0.3 is 0 Å². The van der Waals surface area contributed by atoms with Crippen LogP contribution in [0.5, 0.6) is 0 Å². The van der Waals surface area contributed by atoms with Crippen LogP contribution in [0.2, 0.25) is 0 Å². The van der Waals surface area contributed by atoms with Gasteiger partial charge in [0.15, 0.2) is 11.6 Å². The lowest BCUT2D eigenvalue weighted by molar-refractivity contribution is -0.147. The molecule has 1 unspecified atom stereocenters. The van der Waals surface area contributed by atoms with Gasteiger partial charge in [0.25, 0.3) is 0 Å². The zero-order chi connectivity index (χ0) is 19.1. The van der Waals surface area contributed by atoms with Crippen molar-refractivity contribution in [3.05, 3.63) is 35.4 Å². The largest absolute Gasteiger partial charge is 0.341 e. The number of likely N-dealkylation sites (tertiary alicyclic amines) is 2. The molecule has 0 N–H and O–H groups in total. The van der Waals surface area contributed by atoms with Crippen molar-refractivity contribution in [1.82, 2.24) is 9.80 Å². The fraction of sp³-hybridized carbons (Fsp3) is 0.600. The number of rotatable bonds is 2. The van der Waals surface area contributed by atoms with E-state index in [1.165, 1.54) is 6.07 Å². The lowest BCUT2D eigenvalue weighted by Gasteiger charge is -2.39. The van der Waals surface area contributed by atoms with Crippen molar-refractivity contribution in [2.75, 3.05) is 19.6 Å². The van der Waals surface area contributed by atoms with Crippen LogP contribution in [0.25, 0.3) is 0 Å². The summed E-state index contributed by atoms with van der Waals surface area (Å²) in [5.74, 6) is -1.69. The Bertz CT molecular complexity index is 729. The molecule has 0 bridgehead atoms. The summed E-state index contributed by atoms with van der Waals surface area (Å²) in [6, 6.07) is 3.75. The van der Waals surface area contributed by atoms with Gasteiger partial charge in [-0.1, -0.05) is 26.8 Å². The van der Waals surface area contributed by atoms with Gasteiger partial charge in [-0.05, 0) is 37.0 Å². The van der Waals surface area contributed by atoms with Gasteiger partial charge in [0, 0.05) is 31.6 Å². The maximum Gasteiger partial charge on any atom is 0.230 e. The number of carbonyl (C=O) groups excluding carboxylic acids is 2. The van der Waals surface area contributed by atoms with Crippen LogP contribution in [0.4, 0.5) is 8.78 Å². The monoisotopic (exact) mass is 364 g/mol. The van der Waals surface area contributed by atoms with E-state index in [1.54, 1.807) is 9.80 Å². The van der Waals surface area contributed by atoms with E-state index >= 15 is 0 Å². The molecular formula is C20H26F2N2O2. The molecule has 26 heavy (non-hydrogen) atoms. The first-order chi connectivity index (χ1) is 12.1. The van der Waals surface area contributed by atoms with Crippen LogP contribution < -0.4 is 0 Å². The first-order valence-corrected chi connectivity index (χ1v) is 9.15. The van der Waals surface area contributed by atoms with Gasteiger partial charge in [-0.25, -0.2) is 8.78 Å². The Morgan fingerprint density at radius 1 is 1.15 bits per heavy atom. The Labute approximate surface area is 153 Å². The molecule has 1 aromatic carbocycles. The van der Waals surface area contributed by atoms with Gasteiger partial charge < -0.3 is 9.80 Å². The van der Waals surface area contributed by atoms with Crippen LogP contribution in [0.3, 0.4) is 0 Å². The molecule has 2 heterocycles. The fourth-order valence-electron chi connectivity index (χ4n) is 4.06. The molecule has 0 aromatic heterocycles. The molecule has 0 aliphatic carbocycles. The van der Waals surface area contributed by atoms with Crippen molar-refractivity contribution in [1.29, 1.82) is 0 Å². The fourth-order valence-corrected chi connectivity index (χ4v) is 4.06. The molecular weight excluding hydrogens is 338 g/mol. The molecule has 2 aliphatic rings. The van der Waals surface area contributed by atoms with Gasteiger partial charge in [0.2, 0.25) is 11.8 Å². The zero-order valence-corrected chi connectivity index (χ0v) is 15.6. The van der Waals surface area contributed by atoms with Crippen molar-refractivity contribution in [2.45, 2.75) is 46.6 Å². The van der Waals surface area contributed by atoms with E-state index in [9.17, 15) is 18.4 Å². The summed E-state index contributed by atoms with van der Waals surface area (Å²) in [5, 5.41) is 0. The van der Waals surface area contributed by atoms with Crippen molar-refractivity contribution in [2.24, 2.45) is 10.8 Å². The van der Waals surface area contributed by atoms with Gasteiger partial charge in [-0.3, -0.25) is 9.59 Å². The quantitative estimate of drug-likeness (QED) is 0.807. The third-order valence-corrected chi connectivity index (χ3v) is 5.46. The minimum Gasteiger partial charge on any atom is -0.341 e. The molecule has 2 fully saturated rings. The van der Waals surface area contributed by atoms with E-state index in [0.717, 1.165) is 25.0 Å². The first kappa shape index (κ1) is 18.8. The second-order valence-corrected chi connectivity index (χ2v) is 8.59. The van der Waals surface area contributed by atoms with E-state index in [1.807, 2.05) is 20.8 Å². The molecule has 6 heteroatoms. The third-order valence-electron chi connectivity index (χ3n) is 5.46. The van der Waals surface area contributed by atoms with Gasteiger partial charge in [0.05, 0.1) is 5.41 Å². The maximum absolute atomic E-state index is 13.5. The number of hydrogen-bond acceptors (Lipinski definition) is 2. The smallest absolute Gasteiger partial charge is 0.230 e. The molecule has 0 radical (unpaired) electrons. The summed E-state index contributed by atoms with van der Waals surface area (Å²) in [6.07, 6.45) is 2.29. The summed E-state index contributed by atoms with van der Waals surface area (Å²) in [6.45, 7) is 7.59. The first-order valence-electron chi connectivity index (χ1n) is 9.15. The maximum atomic E-state index is 13.5. The molecule has 2 amide bonds. The summed E-state index contributed by atoms with van der Waals surface area (Å²) < 4.78 is 26.6. The number of hydrogen-bond donors (Lipinski definition) is 0. The van der Waals surface area contributed by atoms with Gasteiger partial charge in [-0.15, -0.1) is 0 Å². The lowest BCUT2D eigenvalue weighted by atomic mass is 9.78. The molecule has 1 atom stereocenters. The van der Waals surface area contributed by atoms with E-state index in [-0.39, 0.29) is 18.4 Å². The highest BCUT2D eigenvalue weighted by atomic mass is 19.2. The number of piperidine rings is 1. The second-order valence-electron chi connectivity index (χ2n) is 8.59. The number of amides is 2. The number of halogens is 2. The Hall–Kier alpha value is -1.98. The average Bonchev–Trinajstić information content (AvgIpc) is 2.99. The van der Waals surface area contributed by atoms with Crippen LogP contribution in [-0.4, -0.2) is 41.2 Å². The van der Waals surface area contributed by atoms with Crippen molar-refractivity contribution in [3.8, 4) is 0 Å². The Balaban J connectivity index is 1.73. The Morgan fingerprint density at radius 3 is 2.54 bits per heavy atom. The number of carbonyl (C=O) groups is 2. The Kier molecular flexibility index (Phi) is 4.80. The van der Waals surface area contributed by atoms with Crippen LogP contribution in [0, 0.1) is 22.5 Å². The highest BCUT2D eigenvalue weighted by Gasteiger charge is 2.50. The molecule has 1 spiro atoms. The van der Waals surface area contributed by atoms with E-state index in [0.29, 0.717) is 31.6 Å². The molecule has 1 aromatic rings. The van der Waals surface area contributed by atoms with Crippen molar-refractivity contribution in [3.63, 3.8) is 0 Å². The van der Waals surface area contributed by atoms with Crippen molar-refractivity contribution < 1.29 is 18.4 Å².